The van der Waals surface area contributed by atoms with Gasteiger partial charge in [0.15, 0.2) is 4.80 Å². The van der Waals surface area contributed by atoms with Gasteiger partial charge in [-0.1, -0.05) is 65.9 Å². The Morgan fingerprint density at radius 3 is 2.45 bits per heavy atom. The van der Waals surface area contributed by atoms with Gasteiger partial charge in [-0.25, -0.2) is 9.79 Å². The van der Waals surface area contributed by atoms with Gasteiger partial charge in [-0.05, 0) is 67.8 Å². The molecule has 38 heavy (non-hydrogen) atoms. The summed E-state index contributed by atoms with van der Waals surface area (Å²) < 4.78 is 7.67. The van der Waals surface area contributed by atoms with E-state index in [9.17, 15) is 9.59 Å². The number of carbonyl (C=O) groups is 1. The van der Waals surface area contributed by atoms with Gasteiger partial charge >= 0.3 is 5.97 Å². The molecule has 4 aromatic rings. The van der Waals surface area contributed by atoms with E-state index in [0.29, 0.717) is 20.6 Å². The van der Waals surface area contributed by atoms with E-state index in [0.717, 1.165) is 40.7 Å². The van der Waals surface area contributed by atoms with Crippen molar-refractivity contribution in [1.29, 1.82) is 0 Å². The lowest BCUT2D eigenvalue weighted by Gasteiger charge is -2.25. The Morgan fingerprint density at radius 2 is 1.74 bits per heavy atom. The second-order valence-corrected chi connectivity index (χ2v) is 10.1. The van der Waals surface area contributed by atoms with E-state index in [1.165, 1.54) is 11.3 Å². The fraction of sp³-hybridized carbons (Fsp3) is 0.258. The Balaban J connectivity index is 1.70. The number of rotatable bonds is 7. The topological polar surface area (TPSA) is 63.9 Å². The van der Waals surface area contributed by atoms with Crippen molar-refractivity contribution in [2.75, 3.05) is 24.6 Å². The van der Waals surface area contributed by atoms with Gasteiger partial charge < -0.3 is 9.64 Å². The minimum Gasteiger partial charge on any atom is -0.463 e. The van der Waals surface area contributed by atoms with Crippen molar-refractivity contribution in [2.24, 2.45) is 4.99 Å². The second kappa shape index (κ2) is 10.8. The molecule has 2 heterocycles. The first-order valence-corrected chi connectivity index (χ1v) is 13.8. The highest BCUT2D eigenvalue weighted by atomic mass is 32.1. The smallest absolute Gasteiger partial charge is 0.338 e. The van der Waals surface area contributed by atoms with Gasteiger partial charge in [0.2, 0.25) is 0 Å². The van der Waals surface area contributed by atoms with Crippen LogP contribution in [0.2, 0.25) is 0 Å². The lowest BCUT2D eigenvalue weighted by Crippen LogP contribution is -2.40. The zero-order valence-electron chi connectivity index (χ0n) is 22.1. The van der Waals surface area contributed by atoms with Crippen molar-refractivity contribution in [2.45, 2.75) is 33.7 Å². The summed E-state index contributed by atoms with van der Waals surface area (Å²) in [5.74, 6) is -0.451. The molecule has 1 aliphatic rings. The van der Waals surface area contributed by atoms with Crippen molar-refractivity contribution in [3.63, 3.8) is 0 Å². The van der Waals surface area contributed by atoms with Gasteiger partial charge in [0.25, 0.3) is 5.56 Å². The van der Waals surface area contributed by atoms with Crippen molar-refractivity contribution in [3.05, 3.63) is 109 Å². The summed E-state index contributed by atoms with van der Waals surface area (Å²) in [4.78, 5) is 34.7. The number of fused-ring (bicyclic) bond motifs is 2. The van der Waals surface area contributed by atoms with Crippen LogP contribution in [0, 0.1) is 0 Å². The number of hydrogen-bond donors (Lipinski definition) is 0. The molecule has 0 aliphatic carbocycles. The Kier molecular flexibility index (Phi) is 7.29. The van der Waals surface area contributed by atoms with Crippen LogP contribution in [0.25, 0.3) is 16.8 Å². The first-order valence-electron chi connectivity index (χ1n) is 13.0. The summed E-state index contributed by atoms with van der Waals surface area (Å²) in [5.41, 5.74) is 3.75. The maximum atomic E-state index is 13.9. The van der Waals surface area contributed by atoms with Crippen LogP contribution in [0.4, 0.5) is 5.69 Å². The second-order valence-electron chi connectivity index (χ2n) is 9.13. The van der Waals surface area contributed by atoms with Gasteiger partial charge in [-0.3, -0.25) is 9.36 Å². The monoisotopic (exact) mass is 525 g/mol. The van der Waals surface area contributed by atoms with Crippen LogP contribution < -0.4 is 19.8 Å². The van der Waals surface area contributed by atoms with Crippen molar-refractivity contribution in [3.8, 4) is 0 Å². The molecule has 1 atom stereocenters. The number of anilines is 1. The zero-order valence-corrected chi connectivity index (χ0v) is 22.9. The highest BCUT2D eigenvalue weighted by molar-refractivity contribution is 7.07. The number of allylic oxidation sites excluding steroid dienone is 1. The summed E-state index contributed by atoms with van der Waals surface area (Å²) in [5, 5.41) is 2.02. The highest BCUT2D eigenvalue weighted by Crippen LogP contribution is 2.34. The van der Waals surface area contributed by atoms with E-state index in [1.807, 2.05) is 67.6 Å². The third kappa shape index (κ3) is 4.58. The largest absolute Gasteiger partial charge is 0.463 e. The lowest BCUT2D eigenvalue weighted by atomic mass is 9.91. The molecule has 0 radical (unpaired) electrons. The molecule has 0 unspecified atom stereocenters. The molecule has 0 amide bonds. The predicted octanol–water partition coefficient (Wildman–Crippen LogP) is 4.80. The number of thiazole rings is 1. The molecule has 3 aromatic carbocycles. The van der Waals surface area contributed by atoms with Crippen LogP contribution in [-0.2, 0) is 9.53 Å². The van der Waals surface area contributed by atoms with E-state index in [1.54, 1.807) is 11.5 Å². The van der Waals surface area contributed by atoms with Crippen LogP contribution in [-0.4, -0.2) is 30.2 Å². The molecule has 6 nitrogen and oxygen atoms in total. The molecule has 5 rings (SSSR count). The SMILES string of the molecule is CCOC(=O)C1=C(C)N=c2s/c(=C\c3ccc(N(CC)CC)cc3)c(=O)n2[C@H]1c1cccc2ccccc12. The van der Waals surface area contributed by atoms with E-state index in [4.69, 9.17) is 9.73 Å². The van der Waals surface area contributed by atoms with Gasteiger partial charge in [-0.2, -0.15) is 0 Å². The number of hydrogen-bond acceptors (Lipinski definition) is 6. The average molecular weight is 526 g/mol. The molecule has 0 saturated carbocycles. The van der Waals surface area contributed by atoms with Crippen LogP contribution in [0.1, 0.15) is 44.9 Å². The summed E-state index contributed by atoms with van der Waals surface area (Å²) in [6, 6.07) is 21.6. The molecule has 1 aliphatic heterocycles. The first-order chi connectivity index (χ1) is 18.5. The summed E-state index contributed by atoms with van der Waals surface area (Å²) >= 11 is 1.34. The average Bonchev–Trinajstić information content (AvgIpc) is 3.23. The normalized spacial score (nSPS) is 15.4. The molecular formula is C31H31N3O3S. The molecular weight excluding hydrogens is 494 g/mol. The van der Waals surface area contributed by atoms with Gasteiger partial charge in [-0.15, -0.1) is 0 Å². The van der Waals surface area contributed by atoms with Crippen molar-refractivity contribution < 1.29 is 9.53 Å². The third-order valence-corrected chi connectivity index (χ3v) is 7.94. The third-order valence-electron chi connectivity index (χ3n) is 6.95. The lowest BCUT2D eigenvalue weighted by molar-refractivity contribution is -0.139. The summed E-state index contributed by atoms with van der Waals surface area (Å²) in [7, 11) is 0. The standard InChI is InChI=1S/C31H31N3O3S/c1-5-33(6-2)23-17-15-21(16-18-23)19-26-29(35)34-28(25-14-10-12-22-11-8-9-13-24(22)25)27(30(36)37-7-3)20(4)32-31(34)38-26/h8-19,28H,5-7H2,1-4H3/b26-19-/t28-/m0/s1. The maximum absolute atomic E-state index is 13.9. The maximum Gasteiger partial charge on any atom is 0.338 e. The Hall–Kier alpha value is -3.97. The van der Waals surface area contributed by atoms with Gasteiger partial charge in [0.05, 0.1) is 28.5 Å². The van der Waals surface area contributed by atoms with Crippen LogP contribution >= 0.6 is 11.3 Å². The van der Waals surface area contributed by atoms with Crippen LogP contribution in [0.3, 0.4) is 0 Å². The molecule has 7 heteroatoms. The molecule has 0 saturated heterocycles. The molecule has 1 aromatic heterocycles. The molecule has 194 valence electrons. The van der Waals surface area contributed by atoms with Gasteiger partial charge in [0, 0.05) is 18.8 Å². The number of esters is 1. The van der Waals surface area contributed by atoms with E-state index >= 15 is 0 Å². The Labute approximate surface area is 225 Å². The van der Waals surface area contributed by atoms with Crippen LogP contribution in [0.5, 0.6) is 0 Å². The van der Waals surface area contributed by atoms with E-state index in [-0.39, 0.29) is 12.2 Å². The minimum absolute atomic E-state index is 0.172. The molecule has 0 fully saturated rings. The minimum atomic E-state index is -0.636. The predicted molar refractivity (Wildman–Crippen MR) is 154 cm³/mol. The highest BCUT2D eigenvalue weighted by Gasteiger charge is 2.34. The van der Waals surface area contributed by atoms with Crippen molar-refractivity contribution in [1.82, 2.24) is 4.57 Å². The molecule has 0 N–H and O–H groups in total. The number of ether oxygens (including phenoxy) is 1. The number of nitrogens with zero attached hydrogens (tertiary/aromatic N) is 3. The van der Waals surface area contributed by atoms with Crippen LogP contribution in [0.15, 0.2) is 87.8 Å². The Morgan fingerprint density at radius 1 is 1.03 bits per heavy atom. The quantitative estimate of drug-likeness (QED) is 0.325. The first kappa shape index (κ1) is 25.7. The van der Waals surface area contributed by atoms with E-state index < -0.39 is 12.0 Å². The fourth-order valence-corrected chi connectivity index (χ4v) is 6.14. The summed E-state index contributed by atoms with van der Waals surface area (Å²) in [6.45, 7) is 9.98. The fourth-order valence-electron chi connectivity index (χ4n) is 5.10. The van der Waals surface area contributed by atoms with Crippen molar-refractivity contribution >= 4 is 39.8 Å². The zero-order chi connectivity index (χ0) is 26.8. The number of benzene rings is 3. The van der Waals surface area contributed by atoms with E-state index in [2.05, 4.69) is 30.9 Å². The summed E-state index contributed by atoms with van der Waals surface area (Å²) in [6.07, 6.45) is 1.90. The Bertz CT molecular complexity index is 1700. The number of aromatic nitrogens is 1. The van der Waals surface area contributed by atoms with Gasteiger partial charge in [0.1, 0.15) is 0 Å². The number of carbonyl (C=O) groups excluding carboxylic acids is 1. The molecule has 0 spiro atoms. The molecule has 0 bridgehead atoms.